The molecule has 0 atom stereocenters. The second-order valence-electron chi connectivity index (χ2n) is 6.62. The Bertz CT molecular complexity index is 1150. The largest absolute Gasteiger partial charge is 0.440 e. The molecule has 0 N–H and O–H groups in total. The highest BCUT2D eigenvalue weighted by molar-refractivity contribution is 7.94. The monoisotopic (exact) mass is 366 g/mol. The van der Waals surface area contributed by atoms with Gasteiger partial charge < -0.3 is 4.42 Å². The van der Waals surface area contributed by atoms with E-state index in [0.717, 1.165) is 28.1 Å². The van der Waals surface area contributed by atoms with E-state index in [1.165, 1.54) is 6.07 Å². The lowest BCUT2D eigenvalue weighted by Crippen LogP contribution is -2.19. The van der Waals surface area contributed by atoms with Crippen LogP contribution in [0, 0.1) is 18.3 Å². The van der Waals surface area contributed by atoms with Crippen molar-refractivity contribution in [2.75, 3.05) is 0 Å². The van der Waals surface area contributed by atoms with Gasteiger partial charge in [0.1, 0.15) is 5.52 Å². The summed E-state index contributed by atoms with van der Waals surface area (Å²) >= 11 is 0. The van der Waals surface area contributed by atoms with Crippen LogP contribution < -0.4 is 0 Å². The summed E-state index contributed by atoms with van der Waals surface area (Å²) in [6.45, 7) is 5.85. The van der Waals surface area contributed by atoms with Crippen molar-refractivity contribution in [3.8, 4) is 6.07 Å². The first kappa shape index (κ1) is 17.9. The van der Waals surface area contributed by atoms with Crippen LogP contribution in [-0.4, -0.2) is 13.4 Å². The van der Waals surface area contributed by atoms with Gasteiger partial charge in [-0.15, -0.1) is 0 Å². The second-order valence-corrected chi connectivity index (χ2v) is 8.45. The highest BCUT2D eigenvalue weighted by atomic mass is 32.2. The van der Waals surface area contributed by atoms with E-state index in [1.807, 2.05) is 45.0 Å². The number of sulfone groups is 1. The molecule has 0 amide bonds. The van der Waals surface area contributed by atoms with Gasteiger partial charge in [0, 0.05) is 11.5 Å². The molecule has 6 heteroatoms. The highest BCUT2D eigenvalue weighted by Gasteiger charge is 2.30. The Kier molecular flexibility index (Phi) is 4.43. The molecule has 1 aromatic heterocycles. The molecule has 0 radical (unpaired) electrons. The van der Waals surface area contributed by atoms with Crippen LogP contribution in [0.3, 0.4) is 0 Å². The summed E-state index contributed by atoms with van der Waals surface area (Å²) in [4.78, 5) is 4.72. The first-order valence-corrected chi connectivity index (χ1v) is 9.58. The van der Waals surface area contributed by atoms with Crippen molar-refractivity contribution in [3.63, 3.8) is 0 Å². The van der Waals surface area contributed by atoms with E-state index in [4.69, 9.17) is 9.68 Å². The topological polar surface area (TPSA) is 84.0 Å². The molecular formula is C20H18N2O3S. The molecule has 26 heavy (non-hydrogen) atoms. The van der Waals surface area contributed by atoms with Gasteiger partial charge in [0.25, 0.3) is 0 Å². The van der Waals surface area contributed by atoms with Gasteiger partial charge in [-0.1, -0.05) is 18.2 Å². The third-order valence-corrected chi connectivity index (χ3v) is 5.69. The van der Waals surface area contributed by atoms with Crippen LogP contribution in [-0.2, 0) is 15.3 Å². The second kappa shape index (κ2) is 6.43. The average Bonchev–Trinajstić information content (AvgIpc) is 3.04. The maximum Gasteiger partial charge on any atom is 0.205 e. The number of aromatic nitrogens is 1. The summed E-state index contributed by atoms with van der Waals surface area (Å²) in [7, 11) is -3.67. The van der Waals surface area contributed by atoms with Crippen molar-refractivity contribution in [2.45, 2.75) is 31.1 Å². The molecule has 5 nitrogen and oxygen atoms in total. The van der Waals surface area contributed by atoms with Gasteiger partial charge in [-0.3, -0.25) is 0 Å². The number of benzene rings is 2. The fourth-order valence-corrected chi connectivity index (χ4v) is 3.65. The van der Waals surface area contributed by atoms with Crippen molar-refractivity contribution >= 4 is 20.9 Å². The molecule has 0 fully saturated rings. The van der Waals surface area contributed by atoms with E-state index in [0.29, 0.717) is 11.5 Å². The van der Waals surface area contributed by atoms with Crippen LogP contribution in [0.15, 0.2) is 63.3 Å². The summed E-state index contributed by atoms with van der Waals surface area (Å²) in [5.41, 5.74) is 2.69. The molecule has 0 unspecified atom stereocenters. The minimum Gasteiger partial charge on any atom is -0.440 e. The fourth-order valence-electron chi connectivity index (χ4n) is 2.69. The van der Waals surface area contributed by atoms with Crippen molar-refractivity contribution in [3.05, 3.63) is 71.0 Å². The summed E-state index contributed by atoms with van der Waals surface area (Å²) in [6.07, 6.45) is 0.955. The lowest BCUT2D eigenvalue weighted by atomic mass is 9.84. The number of allylic oxidation sites excluding steroid dienone is 1. The maximum absolute atomic E-state index is 12.3. The number of hydrogen-bond donors (Lipinski definition) is 0. The number of rotatable bonds is 4. The van der Waals surface area contributed by atoms with Crippen LogP contribution in [0.2, 0.25) is 0 Å². The predicted octanol–water partition coefficient (Wildman–Crippen LogP) is 4.27. The van der Waals surface area contributed by atoms with Crippen LogP contribution in [0.1, 0.15) is 30.9 Å². The Hall–Kier alpha value is -2.91. The molecule has 0 saturated heterocycles. The average molecular weight is 366 g/mol. The van der Waals surface area contributed by atoms with E-state index in [2.05, 4.69) is 4.98 Å². The highest BCUT2D eigenvalue weighted by Crippen LogP contribution is 2.34. The molecule has 3 rings (SSSR count). The molecule has 1 heterocycles. The van der Waals surface area contributed by atoms with Gasteiger partial charge in [0.15, 0.2) is 5.58 Å². The SMILES string of the molecule is Cc1ccc2oc(C(C)(C)c3cccc(S(=O)(=O)C=CC#N)c3)nc2c1. The molecule has 2 aromatic carbocycles. The van der Waals surface area contributed by atoms with E-state index in [9.17, 15) is 8.42 Å². The number of hydrogen-bond acceptors (Lipinski definition) is 5. The van der Waals surface area contributed by atoms with Gasteiger partial charge in [-0.05, 0) is 56.2 Å². The lowest BCUT2D eigenvalue weighted by Gasteiger charge is -2.21. The van der Waals surface area contributed by atoms with Crippen molar-refractivity contribution in [1.29, 1.82) is 5.26 Å². The Morgan fingerprint density at radius 1 is 1.19 bits per heavy atom. The fraction of sp³-hybridized carbons (Fsp3) is 0.200. The maximum atomic E-state index is 12.3. The standard InChI is InChI=1S/C20H18N2O3S/c1-14-8-9-18-17(12-14)22-19(25-18)20(2,3)15-6-4-7-16(13-15)26(23,24)11-5-10-21/h4-9,11-13H,1-3H3. The minimum absolute atomic E-state index is 0.126. The van der Waals surface area contributed by atoms with Crippen molar-refractivity contribution in [1.82, 2.24) is 4.98 Å². The van der Waals surface area contributed by atoms with E-state index in [1.54, 1.807) is 18.2 Å². The van der Waals surface area contributed by atoms with Gasteiger partial charge in [0.05, 0.1) is 16.4 Å². The van der Waals surface area contributed by atoms with Crippen LogP contribution in [0.5, 0.6) is 0 Å². The van der Waals surface area contributed by atoms with Crippen LogP contribution >= 0.6 is 0 Å². The molecule has 0 bridgehead atoms. The first-order valence-electron chi connectivity index (χ1n) is 8.03. The van der Waals surface area contributed by atoms with Crippen LogP contribution in [0.4, 0.5) is 0 Å². The number of aryl methyl sites for hydroxylation is 1. The molecule has 132 valence electrons. The number of oxazole rings is 1. The number of nitrogens with zero attached hydrogens (tertiary/aromatic N) is 2. The molecule has 0 saturated carbocycles. The molecule has 0 aliphatic rings. The molecular weight excluding hydrogens is 348 g/mol. The molecule has 0 spiro atoms. The lowest BCUT2D eigenvalue weighted by molar-refractivity contribution is 0.433. The summed E-state index contributed by atoms with van der Waals surface area (Å²) < 4.78 is 30.5. The Morgan fingerprint density at radius 3 is 2.69 bits per heavy atom. The van der Waals surface area contributed by atoms with E-state index in [-0.39, 0.29) is 4.90 Å². The summed E-state index contributed by atoms with van der Waals surface area (Å²) in [5, 5.41) is 9.48. The molecule has 0 aliphatic carbocycles. The van der Waals surface area contributed by atoms with E-state index >= 15 is 0 Å². The van der Waals surface area contributed by atoms with Gasteiger partial charge >= 0.3 is 0 Å². The predicted molar refractivity (Wildman–Crippen MR) is 99.3 cm³/mol. The first-order chi connectivity index (χ1) is 12.2. The third-order valence-electron chi connectivity index (χ3n) is 4.28. The minimum atomic E-state index is -3.67. The Balaban J connectivity index is 2.08. The zero-order valence-corrected chi connectivity index (χ0v) is 15.5. The Morgan fingerprint density at radius 2 is 1.96 bits per heavy atom. The third kappa shape index (κ3) is 3.26. The zero-order chi connectivity index (χ0) is 18.9. The molecule has 3 aromatic rings. The van der Waals surface area contributed by atoms with Crippen molar-refractivity contribution < 1.29 is 12.8 Å². The van der Waals surface area contributed by atoms with Crippen LogP contribution in [0.25, 0.3) is 11.1 Å². The van der Waals surface area contributed by atoms with Gasteiger partial charge in [-0.2, -0.15) is 5.26 Å². The van der Waals surface area contributed by atoms with Crippen molar-refractivity contribution in [2.24, 2.45) is 0 Å². The van der Waals surface area contributed by atoms with Gasteiger partial charge in [-0.25, -0.2) is 13.4 Å². The zero-order valence-electron chi connectivity index (χ0n) is 14.7. The van der Waals surface area contributed by atoms with Gasteiger partial charge in [0.2, 0.25) is 15.7 Å². The number of nitriles is 1. The quantitative estimate of drug-likeness (QED) is 0.644. The summed E-state index contributed by atoms with van der Waals surface area (Å²) in [6, 6.07) is 14.1. The molecule has 0 aliphatic heterocycles. The summed E-state index contributed by atoms with van der Waals surface area (Å²) in [5.74, 6) is 0.514. The van der Waals surface area contributed by atoms with E-state index < -0.39 is 15.3 Å². The smallest absolute Gasteiger partial charge is 0.205 e. The normalized spacial score (nSPS) is 12.5. The number of fused-ring (bicyclic) bond motifs is 1. The Labute approximate surface area is 152 Å².